The molecule has 1 aromatic rings. The number of nitrogens with two attached hydrogens (primary N) is 1. The van der Waals surface area contributed by atoms with Crippen LogP contribution in [-0.2, 0) is 10.0 Å². The average molecular weight is 337 g/mol. The lowest BCUT2D eigenvalue weighted by molar-refractivity contribution is 0.573. The van der Waals surface area contributed by atoms with E-state index < -0.39 is 10.0 Å². The molecule has 5 heteroatoms. The second-order valence-corrected chi connectivity index (χ2v) is 7.66. The molecular weight excluding hydrogens is 308 g/mol. The van der Waals surface area contributed by atoms with E-state index in [0.29, 0.717) is 13.0 Å². The molecule has 0 radical (unpaired) electrons. The van der Waals surface area contributed by atoms with Crippen LogP contribution >= 0.6 is 0 Å². The van der Waals surface area contributed by atoms with Gasteiger partial charge < -0.3 is 5.73 Å². The topological polar surface area (TPSA) is 72.2 Å². The summed E-state index contributed by atoms with van der Waals surface area (Å²) >= 11 is 0. The second kappa shape index (κ2) is 10.4. The molecule has 0 amide bonds. The lowest BCUT2D eigenvalue weighted by Gasteiger charge is -2.13. The van der Waals surface area contributed by atoms with Gasteiger partial charge in [0.15, 0.2) is 0 Å². The monoisotopic (exact) mass is 336 g/mol. The summed E-state index contributed by atoms with van der Waals surface area (Å²) in [6, 6.07) is 8.01. The Balaban J connectivity index is 2.52. The van der Waals surface area contributed by atoms with Gasteiger partial charge in [-0.1, -0.05) is 37.8 Å². The molecule has 0 aliphatic rings. The molecule has 3 N–H and O–H groups in total. The summed E-state index contributed by atoms with van der Waals surface area (Å²) in [5.74, 6) is 6.60. The van der Waals surface area contributed by atoms with Gasteiger partial charge in [-0.3, -0.25) is 0 Å². The van der Waals surface area contributed by atoms with Gasteiger partial charge in [0.25, 0.3) is 0 Å². The highest BCUT2D eigenvalue weighted by atomic mass is 32.2. The third kappa shape index (κ3) is 8.17. The zero-order valence-electron chi connectivity index (χ0n) is 14.1. The number of hydrogen-bond donors (Lipinski definition) is 2. The van der Waals surface area contributed by atoms with Crippen molar-refractivity contribution in [2.45, 2.75) is 45.4 Å². The first-order chi connectivity index (χ1) is 11.0. The van der Waals surface area contributed by atoms with E-state index in [9.17, 15) is 8.42 Å². The Hall–Kier alpha value is -1.35. The largest absolute Gasteiger partial charge is 0.330 e. The van der Waals surface area contributed by atoms with Crippen molar-refractivity contribution >= 4 is 10.0 Å². The van der Waals surface area contributed by atoms with Crippen molar-refractivity contribution in [2.24, 2.45) is 5.73 Å². The van der Waals surface area contributed by atoms with Crippen LogP contribution in [0.5, 0.6) is 0 Å². The van der Waals surface area contributed by atoms with Crippen molar-refractivity contribution in [3.63, 3.8) is 0 Å². The first kappa shape index (κ1) is 19.7. The van der Waals surface area contributed by atoms with E-state index in [2.05, 4.69) is 16.6 Å². The molecule has 128 valence electrons. The number of benzene rings is 1. The molecule has 0 fully saturated rings. The van der Waals surface area contributed by atoms with Crippen LogP contribution in [0.25, 0.3) is 0 Å². The Labute approximate surface area is 140 Å². The molecule has 1 rings (SSSR count). The third-order valence-electron chi connectivity index (χ3n) is 3.55. The molecular formula is C18H28N2O2S. The van der Waals surface area contributed by atoms with Crippen molar-refractivity contribution in [3.8, 4) is 11.8 Å². The summed E-state index contributed by atoms with van der Waals surface area (Å²) in [6.07, 6.45) is 3.55. The Kier molecular flexibility index (Phi) is 8.93. The zero-order valence-corrected chi connectivity index (χ0v) is 15.0. The lowest BCUT2D eigenvalue weighted by Crippen LogP contribution is -2.29. The summed E-state index contributed by atoms with van der Waals surface area (Å²) in [7, 11) is -3.14. The number of sulfonamides is 1. The van der Waals surface area contributed by atoms with Crippen molar-refractivity contribution in [2.75, 3.05) is 18.8 Å². The van der Waals surface area contributed by atoms with Gasteiger partial charge >= 0.3 is 0 Å². The highest BCUT2D eigenvalue weighted by Crippen LogP contribution is 2.15. The van der Waals surface area contributed by atoms with Crippen LogP contribution in [0, 0.1) is 11.8 Å². The van der Waals surface area contributed by atoms with Crippen molar-refractivity contribution in [1.29, 1.82) is 0 Å². The quantitative estimate of drug-likeness (QED) is 0.538. The molecule has 0 saturated heterocycles. The van der Waals surface area contributed by atoms with Gasteiger partial charge in [-0.25, -0.2) is 13.1 Å². The van der Waals surface area contributed by atoms with Gasteiger partial charge in [0.1, 0.15) is 0 Å². The van der Waals surface area contributed by atoms with E-state index in [0.717, 1.165) is 36.9 Å². The minimum absolute atomic E-state index is 0.133. The summed E-state index contributed by atoms with van der Waals surface area (Å²) in [5.41, 5.74) is 7.54. The van der Waals surface area contributed by atoms with Gasteiger partial charge in [0.05, 0.1) is 5.75 Å². The van der Waals surface area contributed by atoms with Crippen LogP contribution in [-0.4, -0.2) is 27.3 Å². The smallest absolute Gasteiger partial charge is 0.211 e. The zero-order chi connectivity index (χ0) is 17.1. The normalized spacial score (nSPS) is 12.5. The Morgan fingerprint density at radius 2 is 1.91 bits per heavy atom. The highest BCUT2D eigenvalue weighted by Gasteiger charge is 2.11. The maximum Gasteiger partial charge on any atom is 0.211 e. The Bertz CT molecular complexity index is 613. The predicted molar refractivity (Wildman–Crippen MR) is 96.7 cm³/mol. The third-order valence-corrected chi connectivity index (χ3v) is 5.10. The van der Waals surface area contributed by atoms with Gasteiger partial charge in [0, 0.05) is 18.5 Å². The summed E-state index contributed by atoms with van der Waals surface area (Å²) in [6.45, 7) is 5.02. The van der Waals surface area contributed by atoms with Gasteiger partial charge in [-0.15, -0.1) is 0 Å². The minimum atomic E-state index is -3.14. The van der Waals surface area contributed by atoms with Crippen LogP contribution in [0.4, 0.5) is 0 Å². The molecule has 0 aliphatic heterocycles. The van der Waals surface area contributed by atoms with E-state index in [-0.39, 0.29) is 11.7 Å². The first-order valence-electron chi connectivity index (χ1n) is 8.24. The molecule has 4 nitrogen and oxygen atoms in total. The first-order valence-corrected chi connectivity index (χ1v) is 9.90. The molecule has 0 saturated carbocycles. The number of unbranched alkanes of at least 4 members (excludes halogenated alkanes) is 2. The maximum absolute atomic E-state index is 11.7. The molecule has 1 unspecified atom stereocenters. The van der Waals surface area contributed by atoms with E-state index in [1.807, 2.05) is 38.1 Å². The fourth-order valence-electron chi connectivity index (χ4n) is 2.13. The van der Waals surface area contributed by atoms with E-state index in [1.54, 1.807) is 0 Å². The van der Waals surface area contributed by atoms with Crippen molar-refractivity contribution in [1.82, 2.24) is 4.72 Å². The fourth-order valence-corrected chi connectivity index (χ4v) is 3.31. The molecule has 1 aromatic carbocycles. The predicted octanol–water partition coefficient (Wildman–Crippen LogP) is 2.60. The molecule has 0 bridgehead atoms. The standard InChI is InChI=1S/C18H28N2O2S/c1-3-14-23(21,22)20-15-16(2)18-11-9-17(10-12-18)8-6-4-5-7-13-19/h9-12,16,20H,3-5,7,13-15,19H2,1-2H3. The molecule has 1 atom stereocenters. The van der Waals surface area contributed by atoms with Crippen molar-refractivity contribution < 1.29 is 8.42 Å². The number of nitrogens with one attached hydrogen (secondary N) is 1. The van der Waals surface area contributed by atoms with E-state index in [1.165, 1.54) is 0 Å². The second-order valence-electron chi connectivity index (χ2n) is 5.74. The summed E-state index contributed by atoms with van der Waals surface area (Å²) in [4.78, 5) is 0. The van der Waals surface area contributed by atoms with Crippen LogP contribution in [0.1, 0.15) is 56.6 Å². The molecule has 0 heterocycles. The van der Waals surface area contributed by atoms with E-state index >= 15 is 0 Å². The summed E-state index contributed by atoms with van der Waals surface area (Å²) < 4.78 is 26.0. The number of rotatable bonds is 9. The average Bonchev–Trinajstić information content (AvgIpc) is 2.53. The van der Waals surface area contributed by atoms with Crippen LogP contribution < -0.4 is 10.5 Å². The molecule has 0 spiro atoms. The Morgan fingerprint density at radius 1 is 1.22 bits per heavy atom. The fraction of sp³-hybridized carbons (Fsp3) is 0.556. The van der Waals surface area contributed by atoms with Gasteiger partial charge in [-0.05, 0) is 49.4 Å². The van der Waals surface area contributed by atoms with Crippen LogP contribution in [0.3, 0.4) is 0 Å². The lowest BCUT2D eigenvalue weighted by atomic mass is 10.0. The maximum atomic E-state index is 11.7. The van der Waals surface area contributed by atoms with Gasteiger partial charge in [0.2, 0.25) is 10.0 Å². The molecule has 0 aromatic heterocycles. The molecule has 23 heavy (non-hydrogen) atoms. The van der Waals surface area contributed by atoms with Crippen LogP contribution in [0.15, 0.2) is 24.3 Å². The minimum Gasteiger partial charge on any atom is -0.330 e. The van der Waals surface area contributed by atoms with Crippen molar-refractivity contribution in [3.05, 3.63) is 35.4 Å². The summed E-state index contributed by atoms with van der Waals surface area (Å²) in [5, 5.41) is 0. The highest BCUT2D eigenvalue weighted by molar-refractivity contribution is 7.89. The molecule has 0 aliphatic carbocycles. The Morgan fingerprint density at radius 3 is 2.52 bits per heavy atom. The SMILES string of the molecule is CCCS(=O)(=O)NCC(C)c1ccc(C#CCCCCN)cc1. The number of hydrogen-bond acceptors (Lipinski definition) is 3. The van der Waals surface area contributed by atoms with Crippen LogP contribution in [0.2, 0.25) is 0 Å². The van der Waals surface area contributed by atoms with Gasteiger partial charge in [-0.2, -0.15) is 0 Å². The van der Waals surface area contributed by atoms with E-state index in [4.69, 9.17) is 5.73 Å².